The first-order chi connectivity index (χ1) is 19.9. The van der Waals surface area contributed by atoms with Crippen LogP contribution in [0.2, 0.25) is 0 Å². The van der Waals surface area contributed by atoms with Gasteiger partial charge in [-0.1, -0.05) is 30.3 Å². The minimum Gasteiger partial charge on any atom is -0.488 e. The van der Waals surface area contributed by atoms with E-state index >= 15 is 0 Å². The first kappa shape index (κ1) is 27.8. The molecule has 5 aromatic rings. The highest BCUT2D eigenvalue weighted by Crippen LogP contribution is 2.27. The Balaban J connectivity index is 1.19. The molecule has 0 saturated carbocycles. The van der Waals surface area contributed by atoms with Gasteiger partial charge in [-0.15, -0.1) is 0 Å². The van der Waals surface area contributed by atoms with Crippen molar-refractivity contribution in [3.8, 4) is 22.7 Å². The Morgan fingerprint density at radius 2 is 1.71 bits per heavy atom. The summed E-state index contributed by atoms with van der Waals surface area (Å²) in [6.45, 7) is 2.34. The van der Waals surface area contributed by atoms with Gasteiger partial charge in [-0.2, -0.15) is 5.10 Å². The summed E-state index contributed by atoms with van der Waals surface area (Å²) in [5.41, 5.74) is 9.03. The lowest BCUT2D eigenvalue weighted by Gasteiger charge is -2.12. The third kappa shape index (κ3) is 6.69. The number of aromatic nitrogens is 1. The Kier molecular flexibility index (Phi) is 8.54. The third-order valence-electron chi connectivity index (χ3n) is 6.41. The molecule has 1 heterocycles. The predicted molar refractivity (Wildman–Crippen MR) is 168 cm³/mol. The first-order valence-corrected chi connectivity index (χ1v) is 13.8. The molecule has 0 bridgehead atoms. The topological polar surface area (TPSA) is 98.8 Å². The minimum atomic E-state index is -0.431. The maximum atomic E-state index is 12.7. The Hall–Kier alpha value is -4.77. The molecule has 1 amide bonds. The first-order valence-electron chi connectivity index (χ1n) is 12.7. The number of hydrazone groups is 1. The summed E-state index contributed by atoms with van der Waals surface area (Å²) >= 11 is 2.17. The second kappa shape index (κ2) is 12.6. The van der Waals surface area contributed by atoms with Crippen LogP contribution in [0, 0.1) is 20.6 Å². The van der Waals surface area contributed by atoms with Crippen LogP contribution in [0.3, 0.4) is 0 Å². The Morgan fingerprint density at radius 1 is 0.976 bits per heavy atom. The van der Waals surface area contributed by atoms with Crippen molar-refractivity contribution in [2.75, 3.05) is 0 Å². The van der Waals surface area contributed by atoms with Gasteiger partial charge in [0, 0.05) is 29.1 Å². The van der Waals surface area contributed by atoms with Gasteiger partial charge < -0.3 is 9.30 Å². The number of benzene rings is 4. The molecule has 0 aliphatic rings. The number of hydrogen-bond donors (Lipinski definition) is 1. The monoisotopic (exact) mass is 656 g/mol. The molecule has 0 radical (unpaired) electrons. The molecule has 5 rings (SSSR count). The average Bonchev–Trinajstić information content (AvgIpc) is 3.38. The molecule has 1 aromatic heterocycles. The summed E-state index contributed by atoms with van der Waals surface area (Å²) in [5.74, 6) is 0.372. The Morgan fingerprint density at radius 3 is 2.39 bits per heavy atom. The molecule has 0 saturated heterocycles. The second-order valence-electron chi connectivity index (χ2n) is 9.21. The number of carbonyl (C=O) groups excluding carboxylic acids is 1. The zero-order valence-corrected chi connectivity index (χ0v) is 24.2. The van der Waals surface area contributed by atoms with E-state index in [0.29, 0.717) is 11.3 Å². The number of nitro groups is 1. The molecule has 8 nitrogen and oxygen atoms in total. The van der Waals surface area contributed by atoms with E-state index in [1.54, 1.807) is 30.5 Å². The van der Waals surface area contributed by atoms with Gasteiger partial charge in [-0.25, -0.2) is 5.43 Å². The summed E-state index contributed by atoms with van der Waals surface area (Å²) in [7, 11) is 0. The van der Waals surface area contributed by atoms with E-state index in [-0.39, 0.29) is 18.2 Å². The summed E-state index contributed by atoms with van der Waals surface area (Å²) in [6, 6.07) is 33.6. The molecule has 0 aliphatic heterocycles. The highest BCUT2D eigenvalue weighted by molar-refractivity contribution is 14.1. The van der Waals surface area contributed by atoms with Crippen molar-refractivity contribution in [2.24, 2.45) is 5.10 Å². The second-order valence-corrected chi connectivity index (χ2v) is 10.4. The van der Waals surface area contributed by atoms with Gasteiger partial charge in [-0.3, -0.25) is 14.9 Å². The number of hydrogen-bond acceptors (Lipinski definition) is 5. The van der Waals surface area contributed by atoms with E-state index in [1.165, 1.54) is 12.1 Å². The van der Waals surface area contributed by atoms with Crippen LogP contribution in [0.15, 0.2) is 114 Å². The summed E-state index contributed by atoms with van der Waals surface area (Å²) in [5, 5.41) is 14.9. The zero-order valence-electron chi connectivity index (χ0n) is 22.0. The van der Waals surface area contributed by atoms with Crippen molar-refractivity contribution in [3.05, 3.63) is 145 Å². The van der Waals surface area contributed by atoms with Crippen LogP contribution in [-0.2, 0) is 6.61 Å². The standard InChI is InChI=1S/C32H25IN4O4/c1-22-7-17-30(25-5-3-2-4-6-25)36(22)27-15-11-26(12-16-27)32(38)35-34-20-24-10-18-31(29(33)19-24)41-21-23-8-13-28(14-9-23)37(39)40/h2-20H,21H2,1H3,(H,35,38)/b34-20+. The Bertz CT molecular complexity index is 1710. The number of ether oxygens (including phenoxy) is 1. The molecule has 204 valence electrons. The van der Waals surface area contributed by atoms with E-state index in [4.69, 9.17) is 4.74 Å². The smallest absolute Gasteiger partial charge is 0.271 e. The zero-order chi connectivity index (χ0) is 28.8. The van der Waals surface area contributed by atoms with Crippen LogP contribution >= 0.6 is 22.6 Å². The Labute approximate surface area is 250 Å². The molecule has 0 fully saturated rings. The number of carbonyl (C=O) groups is 1. The summed E-state index contributed by atoms with van der Waals surface area (Å²) in [6.07, 6.45) is 1.57. The van der Waals surface area contributed by atoms with Crippen molar-refractivity contribution >= 4 is 40.4 Å². The van der Waals surface area contributed by atoms with Gasteiger partial charge in [0.25, 0.3) is 11.6 Å². The molecule has 0 atom stereocenters. The largest absolute Gasteiger partial charge is 0.488 e. The van der Waals surface area contributed by atoms with Gasteiger partial charge >= 0.3 is 0 Å². The number of nitrogens with zero attached hydrogens (tertiary/aromatic N) is 3. The lowest BCUT2D eigenvalue weighted by molar-refractivity contribution is -0.384. The maximum Gasteiger partial charge on any atom is 0.271 e. The van der Waals surface area contributed by atoms with Crippen molar-refractivity contribution < 1.29 is 14.5 Å². The van der Waals surface area contributed by atoms with Crippen LogP contribution in [-0.4, -0.2) is 21.6 Å². The van der Waals surface area contributed by atoms with Gasteiger partial charge in [0.2, 0.25) is 0 Å². The van der Waals surface area contributed by atoms with E-state index in [2.05, 4.69) is 68.9 Å². The van der Waals surface area contributed by atoms with Gasteiger partial charge in [-0.05, 0) is 113 Å². The van der Waals surface area contributed by atoms with Gasteiger partial charge in [0.05, 0.1) is 20.4 Å². The third-order valence-corrected chi connectivity index (χ3v) is 7.25. The van der Waals surface area contributed by atoms with Crippen LogP contribution in [0.25, 0.3) is 16.9 Å². The fourth-order valence-electron chi connectivity index (χ4n) is 4.30. The van der Waals surface area contributed by atoms with Crippen LogP contribution < -0.4 is 10.2 Å². The van der Waals surface area contributed by atoms with E-state index in [0.717, 1.165) is 37.3 Å². The minimum absolute atomic E-state index is 0.0421. The van der Waals surface area contributed by atoms with E-state index in [9.17, 15) is 14.9 Å². The highest BCUT2D eigenvalue weighted by Gasteiger charge is 2.11. The number of amides is 1. The van der Waals surface area contributed by atoms with E-state index < -0.39 is 4.92 Å². The number of aryl methyl sites for hydroxylation is 1. The lowest BCUT2D eigenvalue weighted by Crippen LogP contribution is -2.17. The molecule has 1 N–H and O–H groups in total. The van der Waals surface area contributed by atoms with Crippen LogP contribution in [0.4, 0.5) is 5.69 Å². The number of nitro benzene ring substituents is 1. The molecule has 9 heteroatoms. The van der Waals surface area contributed by atoms with Gasteiger partial charge in [0.15, 0.2) is 0 Å². The average molecular weight is 656 g/mol. The number of rotatable bonds is 9. The molecular weight excluding hydrogens is 631 g/mol. The molecule has 0 spiro atoms. The fraction of sp³-hybridized carbons (Fsp3) is 0.0625. The van der Waals surface area contributed by atoms with E-state index in [1.807, 2.05) is 48.5 Å². The molecule has 4 aromatic carbocycles. The van der Waals surface area contributed by atoms with Crippen LogP contribution in [0.1, 0.15) is 27.2 Å². The van der Waals surface area contributed by atoms with Crippen molar-refractivity contribution in [3.63, 3.8) is 0 Å². The van der Waals surface area contributed by atoms with Crippen molar-refractivity contribution in [2.45, 2.75) is 13.5 Å². The summed E-state index contributed by atoms with van der Waals surface area (Å²) < 4.78 is 8.89. The number of nitrogens with one attached hydrogen (secondary N) is 1. The predicted octanol–water partition coefficient (Wildman–Crippen LogP) is 7.31. The number of non-ortho nitro benzene ring substituents is 1. The number of halogens is 1. The normalized spacial score (nSPS) is 11.0. The molecular formula is C32H25IN4O4. The van der Waals surface area contributed by atoms with Crippen molar-refractivity contribution in [1.82, 2.24) is 9.99 Å². The summed E-state index contributed by atoms with van der Waals surface area (Å²) in [4.78, 5) is 23.1. The lowest BCUT2D eigenvalue weighted by atomic mass is 10.1. The SMILES string of the molecule is Cc1ccc(-c2ccccc2)n1-c1ccc(C(=O)N/N=C/c2ccc(OCc3ccc([N+](=O)[O-])cc3)c(I)c2)cc1. The van der Waals surface area contributed by atoms with Crippen molar-refractivity contribution in [1.29, 1.82) is 0 Å². The quantitative estimate of drug-likeness (QED) is 0.0779. The maximum absolute atomic E-state index is 12.7. The molecule has 0 unspecified atom stereocenters. The van der Waals surface area contributed by atoms with Gasteiger partial charge in [0.1, 0.15) is 12.4 Å². The molecule has 41 heavy (non-hydrogen) atoms. The van der Waals surface area contributed by atoms with Crippen LogP contribution in [0.5, 0.6) is 5.75 Å². The fourth-order valence-corrected chi connectivity index (χ4v) is 4.99. The highest BCUT2D eigenvalue weighted by atomic mass is 127. The molecule has 0 aliphatic carbocycles.